The van der Waals surface area contributed by atoms with Gasteiger partial charge in [0.1, 0.15) is 6.61 Å². The summed E-state index contributed by atoms with van der Waals surface area (Å²) in [6.45, 7) is 0.656. The number of unbranched alkanes of at least 4 members (excludes halogenated alkanes) is 2. The Morgan fingerprint density at radius 2 is 1.86 bits per heavy atom. The van der Waals surface area contributed by atoms with Crippen LogP contribution in [0.15, 0.2) is 29.5 Å². The van der Waals surface area contributed by atoms with Gasteiger partial charge in [0.15, 0.2) is 6.04 Å². The van der Waals surface area contributed by atoms with E-state index in [4.69, 9.17) is 14.7 Å². The van der Waals surface area contributed by atoms with Crippen molar-refractivity contribution in [3.05, 3.63) is 45.2 Å². The molecule has 0 spiro atoms. The molecule has 0 amide bonds. The minimum Gasteiger partial charge on any atom is -0.569 e. The zero-order valence-electron chi connectivity index (χ0n) is 15.6. The van der Waals surface area contributed by atoms with Crippen molar-refractivity contribution < 1.29 is 34.2 Å². The summed E-state index contributed by atoms with van der Waals surface area (Å²) in [6, 6.07) is 4.25. The zero-order valence-corrected chi connectivity index (χ0v) is 15.6. The predicted molar refractivity (Wildman–Crippen MR) is 96.6 cm³/mol. The molecule has 1 atom stereocenters. The third kappa shape index (κ3) is 6.59. The summed E-state index contributed by atoms with van der Waals surface area (Å²) in [5.41, 5.74) is 0.127. The lowest BCUT2D eigenvalue weighted by atomic mass is 10.2. The smallest absolute Gasteiger partial charge is 0.338 e. The normalized spacial score (nSPS) is 16.5. The Morgan fingerprint density at radius 3 is 2.52 bits per heavy atom. The Morgan fingerprint density at radius 1 is 1.17 bits per heavy atom. The van der Waals surface area contributed by atoms with E-state index in [-0.39, 0.29) is 29.4 Å². The van der Waals surface area contributed by atoms with Crippen LogP contribution in [0.2, 0.25) is 0 Å². The molecule has 1 aliphatic heterocycles. The van der Waals surface area contributed by atoms with Crippen molar-refractivity contribution in [3.63, 3.8) is 0 Å². The second-order valence-corrected chi connectivity index (χ2v) is 6.33. The Balaban J connectivity index is 1.58. The molecule has 0 radical (unpaired) electrons. The third-order valence-corrected chi connectivity index (χ3v) is 4.28. The Hall–Kier alpha value is -3.44. The second kappa shape index (κ2) is 10.8. The quantitative estimate of drug-likeness (QED) is 0.144. The van der Waals surface area contributed by atoms with Crippen LogP contribution in [0.3, 0.4) is 0 Å². The summed E-state index contributed by atoms with van der Waals surface area (Å²) in [7, 11) is 0. The molecule has 1 aromatic carbocycles. The van der Waals surface area contributed by atoms with Crippen LogP contribution >= 0.6 is 0 Å². The van der Waals surface area contributed by atoms with Gasteiger partial charge in [-0.15, -0.1) is 5.01 Å². The first kappa shape index (κ1) is 21.9. The number of esters is 1. The fraction of sp³-hybridized carbons (Fsp3) is 0.529. The number of hydrogen-bond donors (Lipinski definition) is 1. The lowest BCUT2D eigenvalue weighted by Gasteiger charge is -2.16. The molecule has 0 aliphatic carbocycles. The lowest BCUT2D eigenvalue weighted by molar-refractivity contribution is -0.712. The molecule has 12 heteroatoms. The fourth-order valence-electron chi connectivity index (χ4n) is 2.76. The maximum atomic E-state index is 11.8. The first-order chi connectivity index (χ1) is 13.9. The molecule has 0 aromatic heterocycles. The molecule has 0 saturated carbocycles. The molecule has 158 valence electrons. The number of nitro groups is 1. The van der Waals surface area contributed by atoms with E-state index >= 15 is 0 Å². The standard InChI is InChI=1S/C17H22N4O8/c22-16(23)15-5-4-10-19(15)21(27)18-29-12-3-1-2-11-28-17(24)13-6-8-14(9-7-13)20(25)26/h6-9,15H,1-5,10-12H2,(H,22,23)/t15-/m0/s1. The van der Waals surface area contributed by atoms with Gasteiger partial charge in [-0.3, -0.25) is 10.1 Å². The number of ether oxygens (including phenoxy) is 1. The average molecular weight is 410 g/mol. The fourth-order valence-corrected chi connectivity index (χ4v) is 2.76. The summed E-state index contributed by atoms with van der Waals surface area (Å²) in [5.74, 6) is -1.63. The molecule has 1 heterocycles. The van der Waals surface area contributed by atoms with Crippen molar-refractivity contribution in [2.75, 3.05) is 19.8 Å². The van der Waals surface area contributed by atoms with E-state index in [1.807, 2.05) is 0 Å². The molecule has 0 unspecified atom stereocenters. The van der Waals surface area contributed by atoms with E-state index < -0.39 is 22.9 Å². The van der Waals surface area contributed by atoms with Gasteiger partial charge >= 0.3 is 11.9 Å². The number of carboxylic acid groups (broad SMARTS) is 1. The van der Waals surface area contributed by atoms with Gasteiger partial charge in [0.2, 0.25) is 5.28 Å². The highest BCUT2D eigenvalue weighted by molar-refractivity contribution is 5.89. The van der Waals surface area contributed by atoms with Gasteiger partial charge < -0.3 is 19.9 Å². The topological polar surface area (TPSA) is 158 Å². The van der Waals surface area contributed by atoms with Crippen LogP contribution in [0.25, 0.3) is 0 Å². The van der Waals surface area contributed by atoms with Gasteiger partial charge in [0.05, 0.1) is 28.6 Å². The van der Waals surface area contributed by atoms with Crippen molar-refractivity contribution >= 4 is 17.6 Å². The first-order valence-electron chi connectivity index (χ1n) is 9.11. The second-order valence-electron chi connectivity index (χ2n) is 6.33. The first-order valence-corrected chi connectivity index (χ1v) is 9.11. The zero-order chi connectivity index (χ0) is 21.2. The number of benzene rings is 1. The Bertz CT molecular complexity index is 752. The highest BCUT2D eigenvalue weighted by Crippen LogP contribution is 2.17. The number of carbonyl (C=O) groups excluding carboxylic acids is 1. The number of aliphatic carboxylic acids is 1. The van der Waals surface area contributed by atoms with Crippen LogP contribution in [0.5, 0.6) is 0 Å². The number of carboxylic acids is 1. The highest BCUT2D eigenvalue weighted by atomic mass is 16.7. The van der Waals surface area contributed by atoms with Crippen molar-refractivity contribution in [1.82, 2.24) is 5.01 Å². The number of hydrazine groups is 1. The maximum Gasteiger partial charge on any atom is 0.338 e. The summed E-state index contributed by atoms with van der Waals surface area (Å²) < 4.78 is 5.08. The van der Waals surface area contributed by atoms with Crippen LogP contribution in [-0.4, -0.2) is 57.7 Å². The molecule has 1 fully saturated rings. The van der Waals surface area contributed by atoms with E-state index in [2.05, 4.69) is 5.28 Å². The van der Waals surface area contributed by atoms with Crippen molar-refractivity contribution in [3.8, 4) is 0 Å². The van der Waals surface area contributed by atoms with Crippen molar-refractivity contribution in [2.45, 2.75) is 38.1 Å². The lowest BCUT2D eigenvalue weighted by Crippen LogP contribution is -2.40. The Labute approximate surface area is 166 Å². The summed E-state index contributed by atoms with van der Waals surface area (Å²) >= 11 is 0. The number of non-ortho nitro benzene ring substituents is 1. The predicted octanol–water partition coefficient (Wildman–Crippen LogP) is 2.28. The van der Waals surface area contributed by atoms with E-state index in [0.29, 0.717) is 38.6 Å². The number of hydrogen-bond acceptors (Lipinski definition) is 8. The minimum absolute atomic E-state index is 0.105. The molecule has 1 N–H and O–H groups in total. The molecule has 1 aliphatic rings. The monoisotopic (exact) mass is 410 g/mol. The summed E-state index contributed by atoms with van der Waals surface area (Å²) in [5, 5.41) is 35.8. The molecule has 2 rings (SSSR count). The largest absolute Gasteiger partial charge is 0.569 e. The van der Waals surface area contributed by atoms with Gasteiger partial charge in [-0.2, -0.15) is 0 Å². The van der Waals surface area contributed by atoms with E-state index in [0.717, 1.165) is 5.01 Å². The summed E-state index contributed by atoms with van der Waals surface area (Å²) in [6.07, 6.45) is 2.78. The van der Waals surface area contributed by atoms with Crippen LogP contribution < -0.4 is 0 Å². The molecule has 1 aromatic rings. The van der Waals surface area contributed by atoms with E-state index in [1.54, 1.807) is 0 Å². The van der Waals surface area contributed by atoms with Crippen molar-refractivity contribution in [2.24, 2.45) is 5.28 Å². The molecule has 12 nitrogen and oxygen atoms in total. The average Bonchev–Trinajstić information content (AvgIpc) is 3.20. The van der Waals surface area contributed by atoms with Gasteiger partial charge in [0, 0.05) is 12.1 Å². The van der Waals surface area contributed by atoms with Crippen LogP contribution in [0.1, 0.15) is 42.5 Å². The number of nitro benzene ring substituents is 1. The number of rotatable bonds is 11. The van der Waals surface area contributed by atoms with Crippen LogP contribution in [0.4, 0.5) is 5.69 Å². The van der Waals surface area contributed by atoms with Crippen LogP contribution in [-0.2, 0) is 14.4 Å². The molecule has 1 saturated heterocycles. The van der Waals surface area contributed by atoms with Crippen LogP contribution in [0, 0.1) is 15.3 Å². The third-order valence-electron chi connectivity index (χ3n) is 4.28. The Kier molecular flexibility index (Phi) is 8.12. The van der Waals surface area contributed by atoms with Gasteiger partial charge in [-0.25, -0.2) is 9.59 Å². The minimum atomic E-state index is -1.07. The molecular formula is C17H22N4O8. The van der Waals surface area contributed by atoms with Gasteiger partial charge in [-0.1, -0.05) is 0 Å². The van der Waals surface area contributed by atoms with E-state index in [1.165, 1.54) is 24.3 Å². The maximum absolute atomic E-state index is 11.8. The number of carbonyl (C=O) groups is 2. The SMILES string of the molecule is O=C(OCCCCCON=[N+]([O-])N1CCC[C@H]1C(=O)O)c1ccc([N+](=O)[O-])cc1. The van der Waals surface area contributed by atoms with Gasteiger partial charge in [0.25, 0.3) is 5.69 Å². The highest BCUT2D eigenvalue weighted by Gasteiger charge is 2.36. The van der Waals surface area contributed by atoms with E-state index in [9.17, 15) is 24.9 Å². The number of nitrogens with zero attached hydrogens (tertiary/aromatic N) is 4. The van der Waals surface area contributed by atoms with Gasteiger partial charge in [-0.05, 0) is 44.2 Å². The summed E-state index contributed by atoms with van der Waals surface area (Å²) in [4.78, 5) is 37.9. The molecular weight excluding hydrogens is 388 g/mol. The van der Waals surface area contributed by atoms with Crippen molar-refractivity contribution in [1.29, 1.82) is 0 Å². The molecule has 0 bridgehead atoms. The molecule has 29 heavy (non-hydrogen) atoms.